The van der Waals surface area contributed by atoms with Crippen LogP contribution in [0.3, 0.4) is 0 Å². The molecule has 1 fully saturated rings. The lowest BCUT2D eigenvalue weighted by atomic mass is 10.1. The molecule has 5 unspecified atom stereocenters. The first kappa shape index (κ1) is 18.3. The summed E-state index contributed by atoms with van der Waals surface area (Å²) in [7, 11) is 0. The van der Waals surface area contributed by atoms with Crippen LogP contribution in [0.2, 0.25) is 0 Å². The third kappa shape index (κ3) is 5.24. The van der Waals surface area contributed by atoms with Crippen molar-refractivity contribution in [2.75, 3.05) is 13.2 Å². The summed E-state index contributed by atoms with van der Waals surface area (Å²) >= 11 is 0. The fourth-order valence-electron chi connectivity index (χ4n) is 2.68. The second kappa shape index (κ2) is 9.32. The van der Waals surface area contributed by atoms with E-state index in [2.05, 4.69) is 12.1 Å². The SMILES string of the molecule is OCC(O)C1OC(OCCCCCc2ccccc2)C(O)C1O. The van der Waals surface area contributed by atoms with Gasteiger partial charge in [0.1, 0.15) is 24.4 Å². The van der Waals surface area contributed by atoms with Gasteiger partial charge in [0.05, 0.1) is 6.61 Å². The topological polar surface area (TPSA) is 99.4 Å². The molecule has 1 aliphatic heterocycles. The summed E-state index contributed by atoms with van der Waals surface area (Å²) in [5.74, 6) is 0. The predicted octanol–water partition coefficient (Wildman–Crippen LogP) is 0.216. The van der Waals surface area contributed by atoms with Crippen molar-refractivity contribution in [2.24, 2.45) is 0 Å². The molecule has 6 heteroatoms. The first-order valence-corrected chi connectivity index (χ1v) is 8.09. The third-order valence-electron chi connectivity index (χ3n) is 4.06. The number of benzene rings is 1. The summed E-state index contributed by atoms with van der Waals surface area (Å²) in [5, 5.41) is 38.0. The maximum absolute atomic E-state index is 9.83. The van der Waals surface area contributed by atoms with Gasteiger partial charge in [0.25, 0.3) is 0 Å². The fraction of sp³-hybridized carbons (Fsp3) is 0.647. The Morgan fingerprint density at radius 1 is 1.04 bits per heavy atom. The Balaban J connectivity index is 1.61. The Kier molecular flexibility index (Phi) is 7.42. The number of unbranched alkanes of at least 4 members (excludes halogenated alkanes) is 2. The van der Waals surface area contributed by atoms with Gasteiger partial charge in [0.15, 0.2) is 6.29 Å². The van der Waals surface area contributed by atoms with Crippen LogP contribution in [0, 0.1) is 0 Å². The summed E-state index contributed by atoms with van der Waals surface area (Å²) in [5.41, 5.74) is 1.31. The van der Waals surface area contributed by atoms with Crippen molar-refractivity contribution < 1.29 is 29.9 Å². The molecule has 1 aliphatic rings. The lowest BCUT2D eigenvalue weighted by Gasteiger charge is -2.18. The highest BCUT2D eigenvalue weighted by Gasteiger charge is 2.46. The van der Waals surface area contributed by atoms with Crippen LogP contribution in [-0.4, -0.2) is 64.3 Å². The average molecular weight is 326 g/mol. The van der Waals surface area contributed by atoms with Crippen molar-refractivity contribution in [1.82, 2.24) is 0 Å². The van der Waals surface area contributed by atoms with Crippen LogP contribution < -0.4 is 0 Å². The number of ether oxygens (including phenoxy) is 2. The Morgan fingerprint density at radius 2 is 1.78 bits per heavy atom. The summed E-state index contributed by atoms with van der Waals surface area (Å²) < 4.78 is 10.7. The van der Waals surface area contributed by atoms with E-state index in [-0.39, 0.29) is 0 Å². The minimum atomic E-state index is -1.26. The largest absolute Gasteiger partial charge is 0.394 e. The van der Waals surface area contributed by atoms with Crippen LogP contribution in [0.25, 0.3) is 0 Å². The van der Waals surface area contributed by atoms with Crippen LogP contribution in [0.15, 0.2) is 30.3 Å². The van der Waals surface area contributed by atoms with Crippen LogP contribution >= 0.6 is 0 Å². The number of aliphatic hydroxyl groups is 4. The fourth-order valence-corrected chi connectivity index (χ4v) is 2.68. The highest BCUT2D eigenvalue weighted by molar-refractivity contribution is 5.14. The Labute approximate surface area is 136 Å². The van der Waals surface area contributed by atoms with E-state index in [4.69, 9.17) is 14.6 Å². The first-order valence-electron chi connectivity index (χ1n) is 8.09. The Bertz CT molecular complexity index is 440. The first-order chi connectivity index (χ1) is 11.1. The van der Waals surface area contributed by atoms with E-state index in [1.807, 2.05) is 18.2 Å². The Morgan fingerprint density at radius 3 is 2.48 bits per heavy atom. The summed E-state index contributed by atoms with van der Waals surface area (Å²) in [6.07, 6.45) is -1.83. The minimum Gasteiger partial charge on any atom is -0.394 e. The molecule has 6 nitrogen and oxygen atoms in total. The van der Waals surface area contributed by atoms with Crippen LogP contribution in [0.4, 0.5) is 0 Å². The summed E-state index contributed by atoms with van der Waals surface area (Å²) in [6, 6.07) is 10.3. The summed E-state index contributed by atoms with van der Waals surface area (Å²) in [4.78, 5) is 0. The maximum Gasteiger partial charge on any atom is 0.186 e. The molecule has 0 aromatic heterocycles. The smallest absolute Gasteiger partial charge is 0.186 e. The van der Waals surface area contributed by atoms with Crippen molar-refractivity contribution in [3.63, 3.8) is 0 Å². The molecule has 1 saturated heterocycles. The molecular weight excluding hydrogens is 300 g/mol. The molecule has 0 spiro atoms. The van der Waals surface area contributed by atoms with Crippen molar-refractivity contribution >= 4 is 0 Å². The molecule has 0 saturated carbocycles. The molecule has 130 valence electrons. The lowest BCUT2D eigenvalue weighted by molar-refractivity contribution is -0.181. The van der Waals surface area contributed by atoms with E-state index in [9.17, 15) is 15.3 Å². The number of hydrogen-bond donors (Lipinski definition) is 4. The number of hydrogen-bond acceptors (Lipinski definition) is 6. The second-order valence-electron chi connectivity index (χ2n) is 5.87. The second-order valence-corrected chi connectivity index (χ2v) is 5.87. The molecule has 1 aromatic carbocycles. The van der Waals surface area contributed by atoms with E-state index < -0.39 is 37.3 Å². The van der Waals surface area contributed by atoms with E-state index in [0.717, 1.165) is 25.7 Å². The van der Waals surface area contributed by atoms with E-state index in [1.54, 1.807) is 0 Å². The molecule has 0 amide bonds. The Hall–Kier alpha value is -1.02. The molecule has 0 aliphatic carbocycles. The van der Waals surface area contributed by atoms with Crippen LogP contribution in [0.1, 0.15) is 24.8 Å². The van der Waals surface area contributed by atoms with Gasteiger partial charge in [-0.1, -0.05) is 36.8 Å². The molecule has 23 heavy (non-hydrogen) atoms. The van der Waals surface area contributed by atoms with E-state index in [0.29, 0.717) is 6.61 Å². The van der Waals surface area contributed by atoms with Gasteiger partial charge < -0.3 is 29.9 Å². The zero-order valence-electron chi connectivity index (χ0n) is 13.1. The van der Waals surface area contributed by atoms with Crippen molar-refractivity contribution in [3.8, 4) is 0 Å². The summed E-state index contributed by atoms with van der Waals surface area (Å²) in [6.45, 7) is -0.133. The van der Waals surface area contributed by atoms with Crippen molar-refractivity contribution in [2.45, 2.75) is 56.4 Å². The average Bonchev–Trinajstić information content (AvgIpc) is 2.86. The van der Waals surface area contributed by atoms with Crippen LogP contribution in [-0.2, 0) is 15.9 Å². The normalized spacial score (nSPS) is 28.9. The van der Waals surface area contributed by atoms with Gasteiger partial charge in [-0.05, 0) is 24.8 Å². The molecule has 1 heterocycles. The molecule has 1 aromatic rings. The zero-order chi connectivity index (χ0) is 16.7. The third-order valence-corrected chi connectivity index (χ3v) is 4.06. The lowest BCUT2D eigenvalue weighted by Crippen LogP contribution is -2.40. The van der Waals surface area contributed by atoms with Crippen molar-refractivity contribution in [1.29, 1.82) is 0 Å². The monoisotopic (exact) mass is 326 g/mol. The minimum absolute atomic E-state index is 0.408. The zero-order valence-corrected chi connectivity index (χ0v) is 13.1. The molecule has 4 N–H and O–H groups in total. The molecular formula is C17H26O6. The van der Waals surface area contributed by atoms with Gasteiger partial charge in [-0.2, -0.15) is 0 Å². The molecule has 0 bridgehead atoms. The predicted molar refractivity (Wildman–Crippen MR) is 83.7 cm³/mol. The number of aliphatic hydroxyl groups excluding tert-OH is 4. The number of rotatable bonds is 9. The highest BCUT2D eigenvalue weighted by atomic mass is 16.7. The van der Waals surface area contributed by atoms with E-state index >= 15 is 0 Å². The van der Waals surface area contributed by atoms with Gasteiger partial charge in [0, 0.05) is 6.61 Å². The molecule has 2 rings (SSSR count). The van der Waals surface area contributed by atoms with Crippen molar-refractivity contribution in [3.05, 3.63) is 35.9 Å². The standard InChI is InChI=1S/C17H26O6/c18-11-13(19)16-14(20)15(21)17(23-16)22-10-6-2-5-9-12-7-3-1-4-8-12/h1,3-4,7-8,13-21H,2,5-6,9-11H2. The highest BCUT2D eigenvalue weighted by Crippen LogP contribution is 2.24. The van der Waals surface area contributed by atoms with Crippen LogP contribution in [0.5, 0.6) is 0 Å². The van der Waals surface area contributed by atoms with Gasteiger partial charge in [0.2, 0.25) is 0 Å². The quantitative estimate of drug-likeness (QED) is 0.484. The molecule has 5 atom stereocenters. The van der Waals surface area contributed by atoms with Gasteiger partial charge in [-0.15, -0.1) is 0 Å². The van der Waals surface area contributed by atoms with E-state index in [1.165, 1.54) is 5.56 Å². The molecule has 0 radical (unpaired) electrons. The van der Waals surface area contributed by atoms with Gasteiger partial charge >= 0.3 is 0 Å². The van der Waals surface area contributed by atoms with Gasteiger partial charge in [-0.25, -0.2) is 0 Å². The van der Waals surface area contributed by atoms with Gasteiger partial charge in [-0.3, -0.25) is 0 Å². The number of aryl methyl sites for hydroxylation is 1. The maximum atomic E-state index is 9.83.